The fourth-order valence-corrected chi connectivity index (χ4v) is 4.72. The Balaban J connectivity index is 1.49. The van der Waals surface area contributed by atoms with Gasteiger partial charge in [-0.1, -0.05) is 12.1 Å². The number of hydrogen-bond acceptors (Lipinski definition) is 4. The zero-order chi connectivity index (χ0) is 22.2. The van der Waals surface area contributed by atoms with E-state index in [0.717, 1.165) is 77.7 Å². The van der Waals surface area contributed by atoms with Gasteiger partial charge in [0.15, 0.2) is 5.96 Å². The van der Waals surface area contributed by atoms with E-state index in [1.165, 1.54) is 16.8 Å². The lowest BCUT2D eigenvalue weighted by atomic mass is 9.95. The molecule has 0 spiro atoms. The Bertz CT molecular complexity index is 756. The van der Waals surface area contributed by atoms with E-state index in [0.29, 0.717) is 12.3 Å². The number of piperazine rings is 1. The summed E-state index contributed by atoms with van der Waals surface area (Å²) in [4.78, 5) is 23.6. The SMILES string of the molecule is CCNC(=NCCN1CCN(c2cccc(C)c2C)CC1)N1CCCC(CC(N)=O)C1. The third kappa shape index (κ3) is 6.60. The van der Waals surface area contributed by atoms with Crippen LogP contribution in [0.3, 0.4) is 0 Å². The number of hydrogen-bond donors (Lipinski definition) is 2. The van der Waals surface area contributed by atoms with Crippen LogP contribution in [-0.4, -0.2) is 80.6 Å². The van der Waals surface area contributed by atoms with Gasteiger partial charge in [-0.3, -0.25) is 14.7 Å². The first-order chi connectivity index (χ1) is 15.0. The normalized spacial score (nSPS) is 20.7. The van der Waals surface area contributed by atoms with E-state index in [9.17, 15) is 4.79 Å². The van der Waals surface area contributed by atoms with Crippen LogP contribution in [0.2, 0.25) is 0 Å². The molecule has 2 heterocycles. The third-order valence-corrected chi connectivity index (χ3v) is 6.61. The number of carbonyl (C=O) groups is 1. The summed E-state index contributed by atoms with van der Waals surface area (Å²) in [7, 11) is 0. The molecule has 3 rings (SSSR count). The minimum Gasteiger partial charge on any atom is -0.370 e. The minimum absolute atomic E-state index is 0.200. The Kier molecular flexibility index (Phi) is 8.58. The maximum absolute atomic E-state index is 11.3. The molecule has 1 unspecified atom stereocenters. The predicted octanol–water partition coefficient (Wildman–Crippen LogP) is 1.98. The molecule has 2 saturated heterocycles. The van der Waals surface area contributed by atoms with Crippen LogP contribution in [0.25, 0.3) is 0 Å². The first-order valence-electron chi connectivity index (χ1n) is 11.8. The molecular weight excluding hydrogens is 388 g/mol. The molecule has 3 N–H and O–H groups in total. The number of piperidine rings is 1. The quantitative estimate of drug-likeness (QED) is 0.513. The molecule has 0 aromatic heterocycles. The Morgan fingerprint density at radius 2 is 1.97 bits per heavy atom. The molecule has 1 aromatic rings. The number of benzene rings is 1. The Morgan fingerprint density at radius 1 is 1.19 bits per heavy atom. The summed E-state index contributed by atoms with van der Waals surface area (Å²) in [6.07, 6.45) is 2.63. The van der Waals surface area contributed by atoms with E-state index in [1.807, 2.05) is 0 Å². The second kappa shape index (κ2) is 11.4. The summed E-state index contributed by atoms with van der Waals surface area (Å²) in [6.45, 7) is 15.3. The smallest absolute Gasteiger partial charge is 0.217 e. The van der Waals surface area contributed by atoms with Crippen molar-refractivity contribution >= 4 is 17.6 Å². The van der Waals surface area contributed by atoms with Crippen molar-refractivity contribution in [1.29, 1.82) is 0 Å². The maximum Gasteiger partial charge on any atom is 0.217 e. The van der Waals surface area contributed by atoms with Gasteiger partial charge in [0.1, 0.15) is 0 Å². The average molecular weight is 429 g/mol. The van der Waals surface area contributed by atoms with Crippen LogP contribution in [0, 0.1) is 19.8 Å². The Morgan fingerprint density at radius 3 is 2.68 bits per heavy atom. The van der Waals surface area contributed by atoms with Gasteiger partial charge in [0, 0.05) is 64.5 Å². The van der Waals surface area contributed by atoms with Gasteiger partial charge in [0.2, 0.25) is 5.91 Å². The lowest BCUT2D eigenvalue weighted by Gasteiger charge is -2.37. The third-order valence-electron chi connectivity index (χ3n) is 6.61. The van der Waals surface area contributed by atoms with Gasteiger partial charge >= 0.3 is 0 Å². The molecule has 1 atom stereocenters. The van der Waals surface area contributed by atoms with Gasteiger partial charge < -0.3 is 20.9 Å². The molecule has 2 aliphatic rings. The second-order valence-corrected chi connectivity index (χ2v) is 8.91. The van der Waals surface area contributed by atoms with E-state index >= 15 is 0 Å². The molecule has 0 aliphatic carbocycles. The topological polar surface area (TPSA) is 77.2 Å². The van der Waals surface area contributed by atoms with Gasteiger partial charge in [-0.25, -0.2) is 0 Å². The first-order valence-corrected chi connectivity index (χ1v) is 11.8. The molecule has 7 heteroatoms. The standard InChI is InChI=1S/C24H40N6O/c1-4-26-24(30-11-6-8-21(18-30)17-23(25)31)27-10-12-28-13-15-29(16-14-28)22-9-5-7-19(2)20(22)3/h5,7,9,21H,4,6,8,10-18H2,1-3H3,(H2,25,31)(H,26,27). The molecule has 172 valence electrons. The number of nitrogens with one attached hydrogen (secondary N) is 1. The highest BCUT2D eigenvalue weighted by atomic mass is 16.1. The van der Waals surface area contributed by atoms with E-state index in [1.54, 1.807) is 0 Å². The fraction of sp³-hybridized carbons (Fsp3) is 0.667. The molecule has 2 fully saturated rings. The summed E-state index contributed by atoms with van der Waals surface area (Å²) >= 11 is 0. The summed E-state index contributed by atoms with van der Waals surface area (Å²) in [6, 6.07) is 6.60. The molecule has 0 bridgehead atoms. The Labute approximate surface area is 187 Å². The highest BCUT2D eigenvalue weighted by Crippen LogP contribution is 2.24. The van der Waals surface area contributed by atoms with Crippen molar-refractivity contribution in [2.24, 2.45) is 16.6 Å². The van der Waals surface area contributed by atoms with E-state index in [-0.39, 0.29) is 5.91 Å². The number of aliphatic imine (C=N–C) groups is 1. The van der Waals surface area contributed by atoms with E-state index in [4.69, 9.17) is 10.7 Å². The summed E-state index contributed by atoms with van der Waals surface area (Å²) < 4.78 is 0. The van der Waals surface area contributed by atoms with E-state index < -0.39 is 0 Å². The summed E-state index contributed by atoms with van der Waals surface area (Å²) in [5, 5.41) is 3.44. The molecule has 0 saturated carbocycles. The highest BCUT2D eigenvalue weighted by molar-refractivity contribution is 5.80. The second-order valence-electron chi connectivity index (χ2n) is 8.91. The molecule has 31 heavy (non-hydrogen) atoms. The number of nitrogens with two attached hydrogens (primary N) is 1. The van der Waals surface area contributed by atoms with Crippen LogP contribution in [-0.2, 0) is 4.79 Å². The number of nitrogens with zero attached hydrogens (tertiary/aromatic N) is 4. The van der Waals surface area contributed by atoms with Crippen molar-refractivity contribution in [3.63, 3.8) is 0 Å². The van der Waals surface area contributed by atoms with Crippen molar-refractivity contribution in [2.45, 2.75) is 40.0 Å². The molecular formula is C24H40N6O. The number of anilines is 1. The zero-order valence-corrected chi connectivity index (χ0v) is 19.6. The van der Waals surface area contributed by atoms with Crippen LogP contribution in [0.1, 0.15) is 37.3 Å². The highest BCUT2D eigenvalue weighted by Gasteiger charge is 2.24. The number of carbonyl (C=O) groups excluding carboxylic acids is 1. The number of amides is 1. The van der Waals surface area contributed by atoms with Gasteiger partial charge in [-0.15, -0.1) is 0 Å². The molecule has 0 radical (unpaired) electrons. The van der Waals surface area contributed by atoms with Crippen molar-refractivity contribution < 1.29 is 4.79 Å². The van der Waals surface area contributed by atoms with E-state index in [2.05, 4.69) is 59.0 Å². The lowest BCUT2D eigenvalue weighted by molar-refractivity contribution is -0.119. The fourth-order valence-electron chi connectivity index (χ4n) is 4.72. The summed E-state index contributed by atoms with van der Waals surface area (Å²) in [5.41, 5.74) is 9.55. The van der Waals surface area contributed by atoms with Crippen molar-refractivity contribution in [1.82, 2.24) is 15.1 Å². The van der Waals surface area contributed by atoms with Crippen LogP contribution in [0.4, 0.5) is 5.69 Å². The zero-order valence-electron chi connectivity index (χ0n) is 19.6. The number of rotatable bonds is 7. The summed E-state index contributed by atoms with van der Waals surface area (Å²) in [5.74, 6) is 1.12. The van der Waals surface area contributed by atoms with Gasteiger partial charge in [-0.2, -0.15) is 0 Å². The van der Waals surface area contributed by atoms with Gasteiger partial charge in [-0.05, 0) is 56.7 Å². The molecule has 1 amide bonds. The molecule has 1 aromatic carbocycles. The average Bonchev–Trinajstić information content (AvgIpc) is 2.75. The lowest BCUT2D eigenvalue weighted by Crippen LogP contribution is -2.48. The molecule has 7 nitrogen and oxygen atoms in total. The van der Waals surface area contributed by atoms with Crippen LogP contribution in [0.15, 0.2) is 23.2 Å². The number of aryl methyl sites for hydroxylation is 1. The number of primary amides is 1. The van der Waals surface area contributed by atoms with Crippen LogP contribution >= 0.6 is 0 Å². The van der Waals surface area contributed by atoms with Crippen molar-refractivity contribution in [2.75, 3.05) is 63.8 Å². The van der Waals surface area contributed by atoms with Gasteiger partial charge in [0.25, 0.3) is 0 Å². The maximum atomic E-state index is 11.3. The van der Waals surface area contributed by atoms with Crippen LogP contribution < -0.4 is 16.0 Å². The minimum atomic E-state index is -0.200. The number of likely N-dealkylation sites (tertiary alicyclic amines) is 1. The monoisotopic (exact) mass is 428 g/mol. The largest absolute Gasteiger partial charge is 0.370 e. The van der Waals surface area contributed by atoms with Crippen LogP contribution in [0.5, 0.6) is 0 Å². The first kappa shape index (κ1) is 23.4. The van der Waals surface area contributed by atoms with Crippen molar-refractivity contribution in [3.05, 3.63) is 29.3 Å². The van der Waals surface area contributed by atoms with Gasteiger partial charge in [0.05, 0.1) is 6.54 Å². The Hall–Kier alpha value is -2.28. The van der Waals surface area contributed by atoms with Crippen molar-refractivity contribution in [3.8, 4) is 0 Å². The number of guanidine groups is 1. The molecule has 2 aliphatic heterocycles. The predicted molar refractivity (Wildman–Crippen MR) is 129 cm³/mol.